The molecule has 0 aliphatic heterocycles. The Morgan fingerprint density at radius 2 is 2.00 bits per heavy atom. The van der Waals surface area contributed by atoms with E-state index in [1.165, 1.54) is 12.8 Å². The maximum atomic E-state index is 12.6. The van der Waals surface area contributed by atoms with Gasteiger partial charge in [-0.3, -0.25) is 0 Å². The lowest BCUT2D eigenvalue weighted by atomic mass is 10.0. The molecule has 3 rings (SSSR count). The third kappa shape index (κ3) is 2.59. The minimum atomic E-state index is -4.50. The molecule has 2 aliphatic rings. The molecule has 1 heterocycles. The molecule has 0 unspecified atom stereocenters. The van der Waals surface area contributed by atoms with Crippen LogP contribution < -0.4 is 11.1 Å². The lowest BCUT2D eigenvalue weighted by Crippen LogP contribution is -2.19. The van der Waals surface area contributed by atoms with Crippen molar-refractivity contribution < 1.29 is 13.2 Å². The Hall–Kier alpha value is -1.53. The maximum absolute atomic E-state index is 12.6. The predicted molar refractivity (Wildman–Crippen MR) is 64.3 cm³/mol. The zero-order chi connectivity index (χ0) is 13.7. The summed E-state index contributed by atoms with van der Waals surface area (Å²) in [5.74, 6) is 0.543. The second-order valence-corrected chi connectivity index (χ2v) is 5.48. The van der Waals surface area contributed by atoms with Crippen LogP contribution in [0.4, 0.5) is 24.9 Å². The third-order valence-electron chi connectivity index (χ3n) is 3.99. The number of rotatable bonds is 4. The van der Waals surface area contributed by atoms with Crippen LogP contribution in [0.15, 0.2) is 6.07 Å². The van der Waals surface area contributed by atoms with E-state index in [1.54, 1.807) is 0 Å². The molecule has 104 valence electrons. The Balaban J connectivity index is 1.72. The number of alkyl halides is 3. The van der Waals surface area contributed by atoms with Crippen molar-refractivity contribution in [3.05, 3.63) is 11.8 Å². The Labute approximate surface area is 108 Å². The molecule has 1 aromatic heterocycles. The molecule has 0 bridgehead atoms. The molecule has 7 heteroatoms. The second kappa shape index (κ2) is 3.98. The van der Waals surface area contributed by atoms with E-state index in [-0.39, 0.29) is 17.2 Å². The van der Waals surface area contributed by atoms with Crippen molar-refractivity contribution in [1.29, 1.82) is 0 Å². The van der Waals surface area contributed by atoms with Gasteiger partial charge in [-0.25, -0.2) is 4.98 Å². The van der Waals surface area contributed by atoms with Crippen LogP contribution in [0.5, 0.6) is 0 Å². The molecule has 2 fully saturated rings. The number of nitrogen functional groups attached to an aromatic ring is 1. The van der Waals surface area contributed by atoms with E-state index in [0.29, 0.717) is 6.54 Å². The molecule has 2 aliphatic carbocycles. The summed E-state index contributed by atoms with van der Waals surface area (Å²) in [4.78, 5) is 7.03. The smallest absolute Gasteiger partial charge is 0.369 e. The van der Waals surface area contributed by atoms with E-state index < -0.39 is 11.9 Å². The first-order chi connectivity index (χ1) is 8.89. The molecular formula is C12H15F3N4. The summed E-state index contributed by atoms with van der Waals surface area (Å²) in [6, 6.07) is 0.916. The summed E-state index contributed by atoms with van der Waals surface area (Å²) in [6.07, 6.45) is 0.277. The number of nitrogens with zero attached hydrogens (tertiary/aromatic N) is 2. The quantitative estimate of drug-likeness (QED) is 0.884. The van der Waals surface area contributed by atoms with Crippen molar-refractivity contribution in [3.63, 3.8) is 0 Å². The molecule has 0 aromatic carbocycles. The number of aromatic nitrogens is 2. The monoisotopic (exact) mass is 272 g/mol. The van der Waals surface area contributed by atoms with Crippen LogP contribution in [-0.2, 0) is 6.18 Å². The van der Waals surface area contributed by atoms with Crippen molar-refractivity contribution in [1.82, 2.24) is 9.97 Å². The second-order valence-electron chi connectivity index (χ2n) is 5.48. The van der Waals surface area contributed by atoms with Crippen molar-refractivity contribution >= 4 is 11.8 Å². The van der Waals surface area contributed by atoms with Gasteiger partial charge >= 0.3 is 6.18 Å². The van der Waals surface area contributed by atoms with Gasteiger partial charge in [-0.1, -0.05) is 0 Å². The first kappa shape index (κ1) is 12.5. The topological polar surface area (TPSA) is 63.8 Å². The van der Waals surface area contributed by atoms with E-state index in [0.717, 1.165) is 24.8 Å². The molecule has 3 N–H and O–H groups in total. The van der Waals surface area contributed by atoms with Gasteiger partial charge in [0.05, 0.1) is 0 Å². The predicted octanol–water partition coefficient (Wildman–Crippen LogP) is 2.68. The first-order valence-electron chi connectivity index (χ1n) is 6.35. The minimum Gasteiger partial charge on any atom is -0.369 e. The molecule has 0 spiro atoms. The number of hydrogen-bond acceptors (Lipinski definition) is 4. The fraction of sp³-hybridized carbons (Fsp3) is 0.667. The molecular weight excluding hydrogens is 257 g/mol. The highest BCUT2D eigenvalue weighted by Gasteiger charge is 2.53. The number of nitrogens with one attached hydrogen (secondary N) is 1. The van der Waals surface area contributed by atoms with E-state index in [9.17, 15) is 13.2 Å². The average Bonchev–Trinajstić information content (AvgIpc) is 3.16. The highest BCUT2D eigenvalue weighted by atomic mass is 19.4. The Bertz CT molecular complexity index is 492. The van der Waals surface area contributed by atoms with E-state index in [2.05, 4.69) is 15.3 Å². The molecule has 0 radical (unpaired) electrons. The van der Waals surface area contributed by atoms with E-state index >= 15 is 0 Å². The van der Waals surface area contributed by atoms with Crippen molar-refractivity contribution in [3.8, 4) is 0 Å². The Kier molecular flexibility index (Phi) is 2.62. The molecule has 4 nitrogen and oxygen atoms in total. The standard InChI is InChI=1S/C12H15F3N4/c13-12(14,15)8-5-9(19-10(16)18-8)17-6-11(3-4-11)7-1-2-7/h5,7H,1-4,6H2,(H3,16,17,18,19). The summed E-state index contributed by atoms with van der Waals surface area (Å²) < 4.78 is 37.8. The van der Waals surface area contributed by atoms with Gasteiger partial charge in [-0.05, 0) is 37.0 Å². The van der Waals surface area contributed by atoms with E-state index in [1.807, 2.05) is 0 Å². The van der Waals surface area contributed by atoms with Gasteiger partial charge in [0, 0.05) is 12.6 Å². The maximum Gasteiger partial charge on any atom is 0.433 e. The normalized spacial score (nSPS) is 21.2. The van der Waals surface area contributed by atoms with Gasteiger partial charge in [-0.15, -0.1) is 0 Å². The lowest BCUT2D eigenvalue weighted by molar-refractivity contribution is -0.141. The Morgan fingerprint density at radius 3 is 2.53 bits per heavy atom. The van der Waals surface area contributed by atoms with Crippen LogP contribution in [0.3, 0.4) is 0 Å². The van der Waals surface area contributed by atoms with Crippen LogP contribution in [0, 0.1) is 11.3 Å². The number of nitrogens with two attached hydrogens (primary N) is 1. The fourth-order valence-corrected chi connectivity index (χ4v) is 2.55. The number of hydrogen-bond donors (Lipinski definition) is 2. The number of anilines is 2. The van der Waals surface area contributed by atoms with Crippen LogP contribution in [-0.4, -0.2) is 16.5 Å². The van der Waals surface area contributed by atoms with Crippen LogP contribution in [0.2, 0.25) is 0 Å². The van der Waals surface area contributed by atoms with Gasteiger partial charge in [-0.2, -0.15) is 18.2 Å². The minimum absolute atomic E-state index is 0.159. The number of halogens is 3. The van der Waals surface area contributed by atoms with Crippen molar-refractivity contribution in [2.75, 3.05) is 17.6 Å². The first-order valence-corrected chi connectivity index (χ1v) is 6.35. The average molecular weight is 272 g/mol. The summed E-state index contributed by atoms with van der Waals surface area (Å²) in [7, 11) is 0. The van der Waals surface area contributed by atoms with Gasteiger partial charge in [0.1, 0.15) is 5.82 Å². The summed E-state index contributed by atoms with van der Waals surface area (Å²) in [6.45, 7) is 0.672. The lowest BCUT2D eigenvalue weighted by Gasteiger charge is -2.16. The van der Waals surface area contributed by atoms with Gasteiger partial charge in [0.2, 0.25) is 5.95 Å². The SMILES string of the molecule is Nc1nc(NCC2(C3CC3)CC2)cc(C(F)(F)F)n1. The summed E-state index contributed by atoms with van der Waals surface area (Å²) in [5.41, 5.74) is 4.61. The van der Waals surface area contributed by atoms with Crippen LogP contribution in [0.1, 0.15) is 31.4 Å². The van der Waals surface area contributed by atoms with Crippen LogP contribution in [0.25, 0.3) is 0 Å². The van der Waals surface area contributed by atoms with E-state index in [4.69, 9.17) is 5.73 Å². The van der Waals surface area contributed by atoms with Gasteiger partial charge in [0.25, 0.3) is 0 Å². The Morgan fingerprint density at radius 1 is 1.32 bits per heavy atom. The van der Waals surface area contributed by atoms with Crippen LogP contribution >= 0.6 is 0 Å². The van der Waals surface area contributed by atoms with Crippen molar-refractivity contribution in [2.45, 2.75) is 31.9 Å². The van der Waals surface area contributed by atoms with Gasteiger partial charge < -0.3 is 11.1 Å². The summed E-state index contributed by atoms with van der Waals surface area (Å²) in [5, 5.41) is 2.99. The zero-order valence-corrected chi connectivity index (χ0v) is 10.3. The highest BCUT2D eigenvalue weighted by Crippen LogP contribution is 2.61. The summed E-state index contributed by atoms with van der Waals surface area (Å²) >= 11 is 0. The molecule has 19 heavy (non-hydrogen) atoms. The molecule has 0 amide bonds. The largest absolute Gasteiger partial charge is 0.433 e. The molecule has 1 aromatic rings. The third-order valence-corrected chi connectivity index (χ3v) is 3.99. The zero-order valence-electron chi connectivity index (χ0n) is 10.3. The van der Waals surface area contributed by atoms with Crippen molar-refractivity contribution in [2.24, 2.45) is 11.3 Å². The molecule has 0 saturated heterocycles. The van der Waals surface area contributed by atoms with Gasteiger partial charge in [0.15, 0.2) is 5.69 Å². The highest BCUT2D eigenvalue weighted by molar-refractivity contribution is 5.42. The molecule has 0 atom stereocenters. The fourth-order valence-electron chi connectivity index (χ4n) is 2.55. The molecule has 2 saturated carbocycles.